The molecule has 1 amide bonds. The molecule has 1 aliphatic heterocycles. The van der Waals surface area contributed by atoms with Crippen molar-refractivity contribution in [3.63, 3.8) is 0 Å². The summed E-state index contributed by atoms with van der Waals surface area (Å²) in [6.45, 7) is 5.42. The van der Waals surface area contributed by atoms with Gasteiger partial charge in [0.1, 0.15) is 0 Å². The van der Waals surface area contributed by atoms with E-state index in [2.05, 4.69) is 10.2 Å². The first kappa shape index (κ1) is 14.8. The van der Waals surface area contributed by atoms with Crippen LogP contribution in [-0.2, 0) is 4.79 Å². The number of piperidine rings is 1. The number of nitrogens with zero attached hydrogens (tertiary/aromatic N) is 3. The summed E-state index contributed by atoms with van der Waals surface area (Å²) in [4.78, 5) is 13.9. The van der Waals surface area contributed by atoms with E-state index in [0.717, 1.165) is 31.5 Å². The van der Waals surface area contributed by atoms with Crippen LogP contribution in [0, 0.1) is 5.92 Å². The summed E-state index contributed by atoms with van der Waals surface area (Å²) in [5.41, 5.74) is 0.939. The van der Waals surface area contributed by atoms with E-state index in [1.54, 1.807) is 0 Å². The molecule has 1 aliphatic rings. The van der Waals surface area contributed by atoms with Crippen LogP contribution in [0.25, 0.3) is 11.5 Å². The number of rotatable bonds is 3. The summed E-state index contributed by atoms with van der Waals surface area (Å²) >= 11 is 0. The molecule has 1 aromatic carbocycles. The molecule has 5 heteroatoms. The van der Waals surface area contributed by atoms with Crippen molar-refractivity contribution in [1.29, 1.82) is 0 Å². The predicted molar refractivity (Wildman–Crippen MR) is 83.1 cm³/mol. The normalized spacial score (nSPS) is 16.2. The lowest BCUT2D eigenvalue weighted by Gasteiger charge is -2.31. The van der Waals surface area contributed by atoms with Crippen molar-refractivity contribution >= 4 is 5.91 Å². The van der Waals surface area contributed by atoms with Gasteiger partial charge in [0.05, 0.1) is 0 Å². The highest BCUT2D eigenvalue weighted by molar-refractivity contribution is 5.78. The third kappa shape index (κ3) is 3.03. The molecule has 0 aliphatic carbocycles. The molecule has 0 bridgehead atoms. The highest BCUT2D eigenvalue weighted by atomic mass is 16.4. The van der Waals surface area contributed by atoms with Crippen molar-refractivity contribution in [3.8, 4) is 11.5 Å². The minimum Gasteiger partial charge on any atom is -0.420 e. The minimum absolute atomic E-state index is 0.0598. The van der Waals surface area contributed by atoms with Crippen LogP contribution in [-0.4, -0.2) is 34.1 Å². The summed E-state index contributed by atoms with van der Waals surface area (Å²) in [5, 5.41) is 8.35. The molecule has 1 saturated heterocycles. The van der Waals surface area contributed by atoms with Gasteiger partial charge in [-0.25, -0.2) is 0 Å². The maximum Gasteiger partial charge on any atom is 0.247 e. The second kappa shape index (κ2) is 6.30. The van der Waals surface area contributed by atoms with Crippen LogP contribution in [0.5, 0.6) is 0 Å². The Hall–Kier alpha value is -2.17. The van der Waals surface area contributed by atoms with Crippen molar-refractivity contribution in [1.82, 2.24) is 15.1 Å². The van der Waals surface area contributed by atoms with Crippen molar-refractivity contribution < 1.29 is 9.21 Å². The Morgan fingerprint density at radius 1 is 1.18 bits per heavy atom. The average Bonchev–Trinajstić information content (AvgIpc) is 3.05. The lowest BCUT2D eigenvalue weighted by atomic mass is 9.96. The van der Waals surface area contributed by atoms with E-state index in [0.29, 0.717) is 11.8 Å². The number of likely N-dealkylation sites (tertiary alicyclic amines) is 1. The van der Waals surface area contributed by atoms with Crippen molar-refractivity contribution in [2.75, 3.05) is 13.1 Å². The van der Waals surface area contributed by atoms with Crippen LogP contribution in [0.2, 0.25) is 0 Å². The topological polar surface area (TPSA) is 59.2 Å². The molecule has 0 radical (unpaired) electrons. The van der Waals surface area contributed by atoms with E-state index in [4.69, 9.17) is 4.42 Å². The van der Waals surface area contributed by atoms with Gasteiger partial charge < -0.3 is 9.32 Å². The fourth-order valence-corrected chi connectivity index (χ4v) is 2.81. The molecular formula is C17H21N3O2. The molecule has 22 heavy (non-hydrogen) atoms. The number of aromatic nitrogens is 2. The number of hydrogen-bond donors (Lipinski definition) is 0. The Morgan fingerprint density at radius 3 is 2.50 bits per heavy atom. The maximum atomic E-state index is 12.0. The van der Waals surface area contributed by atoms with E-state index in [1.165, 1.54) is 0 Å². The summed E-state index contributed by atoms with van der Waals surface area (Å²) < 4.78 is 5.83. The van der Waals surface area contributed by atoms with Crippen LogP contribution in [0.1, 0.15) is 38.5 Å². The monoisotopic (exact) mass is 299 g/mol. The minimum atomic E-state index is 0.0598. The van der Waals surface area contributed by atoms with Crippen LogP contribution >= 0.6 is 0 Å². The van der Waals surface area contributed by atoms with E-state index >= 15 is 0 Å². The zero-order valence-electron chi connectivity index (χ0n) is 13.0. The molecule has 2 heterocycles. The SMILES string of the molecule is CC(C)C(=O)N1CCC(c2nnc(-c3ccccc3)o2)CC1. The van der Waals surface area contributed by atoms with Crippen LogP contribution < -0.4 is 0 Å². The van der Waals surface area contributed by atoms with Gasteiger partial charge in [0.15, 0.2) is 0 Å². The molecule has 0 unspecified atom stereocenters. The van der Waals surface area contributed by atoms with Crippen molar-refractivity contribution in [2.45, 2.75) is 32.6 Å². The van der Waals surface area contributed by atoms with Crippen molar-refractivity contribution in [2.24, 2.45) is 5.92 Å². The van der Waals surface area contributed by atoms with Gasteiger partial charge in [-0.05, 0) is 25.0 Å². The lowest BCUT2D eigenvalue weighted by Crippen LogP contribution is -2.40. The maximum absolute atomic E-state index is 12.0. The van der Waals surface area contributed by atoms with Gasteiger partial charge in [-0.3, -0.25) is 4.79 Å². The van der Waals surface area contributed by atoms with E-state index in [-0.39, 0.29) is 17.7 Å². The Balaban J connectivity index is 1.65. The fourth-order valence-electron chi connectivity index (χ4n) is 2.81. The van der Waals surface area contributed by atoms with Gasteiger partial charge in [-0.15, -0.1) is 10.2 Å². The van der Waals surface area contributed by atoms with Gasteiger partial charge >= 0.3 is 0 Å². The first-order chi connectivity index (χ1) is 10.6. The Kier molecular flexibility index (Phi) is 4.22. The van der Waals surface area contributed by atoms with E-state index in [9.17, 15) is 4.79 Å². The molecular weight excluding hydrogens is 278 g/mol. The summed E-state index contributed by atoms with van der Waals surface area (Å²) in [6.07, 6.45) is 1.77. The predicted octanol–water partition coefficient (Wildman–Crippen LogP) is 3.10. The summed E-state index contributed by atoms with van der Waals surface area (Å²) in [6, 6.07) is 9.79. The number of carbonyl (C=O) groups is 1. The van der Waals surface area contributed by atoms with Crippen LogP contribution in [0.3, 0.4) is 0 Å². The van der Waals surface area contributed by atoms with Crippen molar-refractivity contribution in [3.05, 3.63) is 36.2 Å². The first-order valence-corrected chi connectivity index (χ1v) is 7.82. The largest absolute Gasteiger partial charge is 0.420 e. The first-order valence-electron chi connectivity index (χ1n) is 7.82. The van der Waals surface area contributed by atoms with Crippen LogP contribution in [0.4, 0.5) is 0 Å². The summed E-state index contributed by atoms with van der Waals surface area (Å²) in [5.74, 6) is 1.80. The molecule has 5 nitrogen and oxygen atoms in total. The zero-order valence-corrected chi connectivity index (χ0v) is 13.0. The number of carbonyl (C=O) groups excluding carboxylic acids is 1. The summed E-state index contributed by atoms with van der Waals surface area (Å²) in [7, 11) is 0. The average molecular weight is 299 g/mol. The van der Waals surface area contributed by atoms with Gasteiger partial charge in [-0.1, -0.05) is 32.0 Å². The fraction of sp³-hybridized carbons (Fsp3) is 0.471. The zero-order chi connectivity index (χ0) is 15.5. The quantitative estimate of drug-likeness (QED) is 0.874. The van der Waals surface area contributed by atoms with Gasteiger partial charge in [0, 0.05) is 30.5 Å². The molecule has 1 aromatic heterocycles. The second-order valence-corrected chi connectivity index (χ2v) is 6.07. The molecule has 2 aromatic rings. The Morgan fingerprint density at radius 2 is 1.86 bits per heavy atom. The lowest BCUT2D eigenvalue weighted by molar-refractivity contribution is -0.135. The number of benzene rings is 1. The molecule has 3 rings (SSSR count). The second-order valence-electron chi connectivity index (χ2n) is 6.07. The highest BCUT2D eigenvalue weighted by Gasteiger charge is 2.28. The molecule has 0 N–H and O–H groups in total. The third-order valence-electron chi connectivity index (χ3n) is 4.11. The van der Waals surface area contributed by atoms with Crippen LogP contribution in [0.15, 0.2) is 34.7 Å². The molecule has 0 saturated carbocycles. The van der Waals surface area contributed by atoms with Gasteiger partial charge in [0.25, 0.3) is 0 Å². The molecule has 116 valence electrons. The molecule has 0 atom stereocenters. The van der Waals surface area contributed by atoms with E-state index < -0.39 is 0 Å². The Bertz CT molecular complexity index is 628. The third-order valence-corrected chi connectivity index (χ3v) is 4.11. The van der Waals surface area contributed by atoms with Gasteiger partial charge in [0.2, 0.25) is 17.7 Å². The number of hydrogen-bond acceptors (Lipinski definition) is 4. The smallest absolute Gasteiger partial charge is 0.247 e. The Labute approximate surface area is 130 Å². The number of amides is 1. The molecule has 1 fully saturated rings. The highest BCUT2D eigenvalue weighted by Crippen LogP contribution is 2.29. The molecule has 0 spiro atoms. The standard InChI is InChI=1S/C17H21N3O2/c1-12(2)17(21)20-10-8-14(9-11-20)16-19-18-15(22-16)13-6-4-3-5-7-13/h3-7,12,14H,8-11H2,1-2H3. The van der Waals surface area contributed by atoms with E-state index in [1.807, 2.05) is 49.1 Å². The van der Waals surface area contributed by atoms with Gasteiger partial charge in [-0.2, -0.15) is 0 Å².